The van der Waals surface area contributed by atoms with E-state index in [1.54, 1.807) is 37.7 Å². The lowest BCUT2D eigenvalue weighted by Crippen LogP contribution is -2.37. The Hall–Kier alpha value is -2.77. The Kier molecular flexibility index (Phi) is 6.86. The minimum Gasteiger partial charge on any atom is -0.497 e. The number of carbonyl (C=O) groups excluding carboxylic acids is 1. The van der Waals surface area contributed by atoms with E-state index in [1.807, 2.05) is 12.1 Å². The number of hydrogen-bond acceptors (Lipinski definition) is 6. The highest BCUT2D eigenvalue weighted by molar-refractivity contribution is 7.16. The first-order valence-corrected chi connectivity index (χ1v) is 11.7. The fraction of sp³-hybridized carbons (Fsp3) is 0.400. The van der Waals surface area contributed by atoms with Gasteiger partial charge in [0, 0.05) is 22.1 Å². The van der Waals surface area contributed by atoms with Crippen molar-refractivity contribution < 1.29 is 18.7 Å². The molecule has 1 N–H and O–H groups in total. The summed E-state index contributed by atoms with van der Waals surface area (Å²) in [5.74, 6) is 2.30. The van der Waals surface area contributed by atoms with Crippen LogP contribution in [0.3, 0.4) is 0 Å². The van der Waals surface area contributed by atoms with Crippen LogP contribution in [-0.4, -0.2) is 38.1 Å². The van der Waals surface area contributed by atoms with Gasteiger partial charge in [-0.3, -0.25) is 9.69 Å². The molecule has 170 valence electrons. The predicted molar refractivity (Wildman–Crippen MR) is 127 cm³/mol. The monoisotopic (exact) mass is 454 g/mol. The van der Waals surface area contributed by atoms with Crippen molar-refractivity contribution in [1.29, 1.82) is 0 Å². The predicted octanol–water partition coefficient (Wildman–Crippen LogP) is 5.74. The molecule has 0 bridgehead atoms. The average molecular weight is 455 g/mol. The minimum absolute atomic E-state index is 0.0415. The van der Waals surface area contributed by atoms with Crippen molar-refractivity contribution in [2.24, 2.45) is 5.92 Å². The zero-order valence-corrected chi connectivity index (χ0v) is 19.8. The number of piperidine rings is 1. The Labute approximate surface area is 193 Å². The maximum atomic E-state index is 12.8. The van der Waals surface area contributed by atoms with Crippen molar-refractivity contribution >= 4 is 22.2 Å². The second kappa shape index (κ2) is 9.79. The van der Waals surface area contributed by atoms with E-state index < -0.39 is 0 Å². The van der Waals surface area contributed by atoms with Crippen LogP contribution in [0.25, 0.3) is 0 Å². The molecule has 1 aliphatic rings. The molecule has 1 amide bonds. The number of anilines is 1. The van der Waals surface area contributed by atoms with Crippen molar-refractivity contribution in [1.82, 2.24) is 4.90 Å². The third-order valence-corrected chi connectivity index (χ3v) is 7.05. The highest BCUT2D eigenvalue weighted by atomic mass is 32.1. The average Bonchev–Trinajstić information content (AvgIpc) is 3.46. The third-order valence-electron chi connectivity index (χ3n) is 6.07. The van der Waals surface area contributed by atoms with Gasteiger partial charge in [-0.05, 0) is 69.1 Å². The number of methoxy groups -OCH3 is 2. The van der Waals surface area contributed by atoms with E-state index in [2.05, 4.69) is 36.2 Å². The van der Waals surface area contributed by atoms with Gasteiger partial charge in [-0.15, -0.1) is 11.3 Å². The Morgan fingerprint density at radius 3 is 2.59 bits per heavy atom. The number of amides is 1. The van der Waals surface area contributed by atoms with Gasteiger partial charge in [0.15, 0.2) is 5.76 Å². The van der Waals surface area contributed by atoms with Gasteiger partial charge in [-0.25, -0.2) is 0 Å². The second-order valence-electron chi connectivity index (χ2n) is 8.30. The molecule has 2 aromatic heterocycles. The molecule has 1 aliphatic heterocycles. The van der Waals surface area contributed by atoms with Gasteiger partial charge in [0.25, 0.3) is 5.91 Å². The van der Waals surface area contributed by atoms with Crippen molar-refractivity contribution in [2.75, 3.05) is 32.6 Å². The topological polar surface area (TPSA) is 63.9 Å². The molecule has 1 fully saturated rings. The highest BCUT2D eigenvalue weighted by Gasteiger charge is 2.31. The Balaban J connectivity index is 1.77. The number of rotatable bonds is 7. The normalized spacial score (nSPS) is 16.0. The Morgan fingerprint density at radius 2 is 1.94 bits per heavy atom. The largest absolute Gasteiger partial charge is 0.497 e. The summed E-state index contributed by atoms with van der Waals surface area (Å²) in [5, 5.41) is 3.92. The fourth-order valence-corrected chi connectivity index (χ4v) is 5.24. The van der Waals surface area contributed by atoms with Crippen LogP contribution in [-0.2, 0) is 0 Å². The first-order chi connectivity index (χ1) is 15.5. The second-order valence-corrected chi connectivity index (χ2v) is 9.56. The van der Waals surface area contributed by atoms with Crippen molar-refractivity contribution in [3.05, 3.63) is 64.4 Å². The number of carbonyl (C=O) groups is 1. The van der Waals surface area contributed by atoms with Gasteiger partial charge in [0.05, 0.1) is 26.5 Å². The summed E-state index contributed by atoms with van der Waals surface area (Å²) in [7, 11) is 3.34. The van der Waals surface area contributed by atoms with E-state index in [-0.39, 0.29) is 11.9 Å². The molecular formula is C25H30N2O4S. The molecule has 1 saturated heterocycles. The number of likely N-dealkylation sites (tertiary alicyclic amines) is 1. The molecule has 4 rings (SSSR count). The maximum absolute atomic E-state index is 12.8. The molecule has 0 unspecified atom stereocenters. The molecule has 0 spiro atoms. The van der Waals surface area contributed by atoms with Crippen LogP contribution >= 0.6 is 11.3 Å². The van der Waals surface area contributed by atoms with Gasteiger partial charge in [0.2, 0.25) is 0 Å². The quantitative estimate of drug-likeness (QED) is 0.493. The molecule has 3 heterocycles. The highest BCUT2D eigenvalue weighted by Crippen LogP contribution is 2.44. The van der Waals surface area contributed by atoms with Gasteiger partial charge >= 0.3 is 0 Å². The SMILES string of the molecule is COc1ccc([C@H](c2cc(C)sc2NC(=O)c2ccco2)N2CCC(C)CC2)c(OC)c1. The summed E-state index contributed by atoms with van der Waals surface area (Å²) >= 11 is 1.58. The van der Waals surface area contributed by atoms with Crippen molar-refractivity contribution in [3.8, 4) is 11.5 Å². The summed E-state index contributed by atoms with van der Waals surface area (Å²) in [4.78, 5) is 16.4. The number of nitrogens with zero attached hydrogens (tertiary/aromatic N) is 1. The summed E-state index contributed by atoms with van der Waals surface area (Å²) in [5.41, 5.74) is 2.14. The lowest BCUT2D eigenvalue weighted by Gasteiger charge is -2.37. The van der Waals surface area contributed by atoms with Crippen LogP contribution < -0.4 is 14.8 Å². The number of hydrogen-bond donors (Lipinski definition) is 1. The van der Waals surface area contributed by atoms with Crippen LogP contribution in [0.2, 0.25) is 0 Å². The number of furan rings is 1. The molecule has 0 saturated carbocycles. The number of thiophene rings is 1. The molecule has 0 aliphatic carbocycles. The van der Waals surface area contributed by atoms with E-state index in [4.69, 9.17) is 13.9 Å². The zero-order chi connectivity index (χ0) is 22.7. The van der Waals surface area contributed by atoms with Crippen LogP contribution in [0.5, 0.6) is 11.5 Å². The van der Waals surface area contributed by atoms with E-state index in [0.717, 1.165) is 58.4 Å². The number of benzene rings is 1. The molecule has 3 aromatic rings. The lowest BCUT2D eigenvalue weighted by molar-refractivity contribution is 0.0996. The maximum Gasteiger partial charge on any atom is 0.291 e. The van der Waals surface area contributed by atoms with Crippen molar-refractivity contribution in [2.45, 2.75) is 32.7 Å². The summed E-state index contributed by atoms with van der Waals surface area (Å²) in [6.45, 7) is 6.35. The molecule has 1 atom stereocenters. The van der Waals surface area contributed by atoms with Gasteiger partial charge in [-0.1, -0.05) is 6.92 Å². The third kappa shape index (κ3) is 4.69. The van der Waals surface area contributed by atoms with Crippen LogP contribution in [0.4, 0.5) is 5.00 Å². The van der Waals surface area contributed by atoms with Gasteiger partial charge in [-0.2, -0.15) is 0 Å². The first kappa shape index (κ1) is 22.4. The molecular weight excluding hydrogens is 424 g/mol. The van der Waals surface area contributed by atoms with E-state index >= 15 is 0 Å². The standard InChI is InChI=1S/C25H30N2O4S/c1-16-9-11-27(12-10-16)23(19-8-7-18(29-3)15-22(19)30-4)20-14-17(2)32-25(20)26-24(28)21-6-5-13-31-21/h5-8,13-16,23H,9-12H2,1-4H3,(H,26,28)/t23-/m1/s1. The van der Waals surface area contributed by atoms with Gasteiger partial charge < -0.3 is 19.2 Å². The molecule has 7 heteroatoms. The fourth-order valence-electron chi connectivity index (χ4n) is 4.30. The molecule has 6 nitrogen and oxygen atoms in total. The van der Waals surface area contributed by atoms with Crippen molar-refractivity contribution in [3.63, 3.8) is 0 Å². The zero-order valence-electron chi connectivity index (χ0n) is 19.0. The van der Waals surface area contributed by atoms with E-state index in [9.17, 15) is 4.79 Å². The van der Waals surface area contributed by atoms with Crippen LogP contribution in [0.15, 0.2) is 47.1 Å². The molecule has 32 heavy (non-hydrogen) atoms. The summed E-state index contributed by atoms with van der Waals surface area (Å²) in [6, 6.07) is 11.5. The minimum atomic E-state index is -0.245. The van der Waals surface area contributed by atoms with E-state index in [1.165, 1.54) is 6.26 Å². The van der Waals surface area contributed by atoms with Crippen LogP contribution in [0.1, 0.15) is 52.4 Å². The first-order valence-electron chi connectivity index (χ1n) is 10.9. The summed E-state index contributed by atoms with van der Waals surface area (Å²) < 4.78 is 16.5. The number of nitrogens with one attached hydrogen (secondary N) is 1. The van der Waals surface area contributed by atoms with Crippen LogP contribution in [0, 0.1) is 12.8 Å². The van der Waals surface area contributed by atoms with E-state index in [0.29, 0.717) is 11.7 Å². The summed E-state index contributed by atoms with van der Waals surface area (Å²) in [6.07, 6.45) is 3.80. The number of ether oxygens (including phenoxy) is 2. The molecule has 0 radical (unpaired) electrons. The van der Waals surface area contributed by atoms with Gasteiger partial charge in [0.1, 0.15) is 16.5 Å². The Morgan fingerprint density at radius 1 is 1.16 bits per heavy atom. The lowest BCUT2D eigenvalue weighted by atomic mass is 9.92. The Bertz CT molecular complexity index is 1050. The molecule has 1 aromatic carbocycles. The smallest absolute Gasteiger partial charge is 0.291 e. The number of aryl methyl sites for hydroxylation is 1.